The highest BCUT2D eigenvalue weighted by molar-refractivity contribution is 5.91. The van der Waals surface area contributed by atoms with Crippen molar-refractivity contribution in [3.63, 3.8) is 0 Å². The summed E-state index contributed by atoms with van der Waals surface area (Å²) in [5, 5.41) is 8.25. The maximum absolute atomic E-state index is 12.3. The summed E-state index contributed by atoms with van der Waals surface area (Å²) in [4.78, 5) is 14.1. The van der Waals surface area contributed by atoms with E-state index in [1.54, 1.807) is 12.1 Å². The van der Waals surface area contributed by atoms with Crippen molar-refractivity contribution in [3.05, 3.63) is 60.4 Å². The lowest BCUT2D eigenvalue weighted by Crippen LogP contribution is -2.28. The Labute approximate surface area is 139 Å². The average molecular weight is 323 g/mol. The third kappa shape index (κ3) is 2.95. The second-order valence-electron chi connectivity index (χ2n) is 5.95. The standard InChI is InChI=1S/C18H17N3O3/c22-18(15-7-4-10-23-15)21-9-8-13(12-21)11-16-19-20-17(24-16)14-5-2-1-3-6-14/h1-7,10,13H,8-9,11-12H2. The summed E-state index contributed by atoms with van der Waals surface area (Å²) < 4.78 is 10.9. The Morgan fingerprint density at radius 3 is 2.83 bits per heavy atom. The fourth-order valence-electron chi connectivity index (χ4n) is 3.02. The fourth-order valence-corrected chi connectivity index (χ4v) is 3.02. The van der Waals surface area contributed by atoms with Crippen LogP contribution in [0.15, 0.2) is 57.6 Å². The minimum absolute atomic E-state index is 0.0574. The third-order valence-corrected chi connectivity index (χ3v) is 4.26. The van der Waals surface area contributed by atoms with Crippen LogP contribution in [0.3, 0.4) is 0 Å². The van der Waals surface area contributed by atoms with E-state index in [1.165, 1.54) is 6.26 Å². The van der Waals surface area contributed by atoms with E-state index in [2.05, 4.69) is 10.2 Å². The first-order valence-electron chi connectivity index (χ1n) is 8.00. The molecule has 1 unspecified atom stereocenters. The summed E-state index contributed by atoms with van der Waals surface area (Å²) in [6, 6.07) is 13.1. The van der Waals surface area contributed by atoms with Gasteiger partial charge in [0, 0.05) is 25.1 Å². The first kappa shape index (κ1) is 14.7. The lowest BCUT2D eigenvalue weighted by atomic mass is 10.1. The molecule has 1 fully saturated rings. The molecule has 0 N–H and O–H groups in total. The van der Waals surface area contributed by atoms with E-state index in [1.807, 2.05) is 35.2 Å². The molecule has 1 aromatic carbocycles. The molecule has 1 amide bonds. The minimum atomic E-state index is -0.0574. The molecule has 24 heavy (non-hydrogen) atoms. The van der Waals surface area contributed by atoms with Crippen LogP contribution in [0.25, 0.3) is 11.5 Å². The summed E-state index contributed by atoms with van der Waals surface area (Å²) in [5.41, 5.74) is 0.914. The number of carbonyl (C=O) groups excluding carboxylic acids is 1. The van der Waals surface area contributed by atoms with Crippen molar-refractivity contribution < 1.29 is 13.6 Å². The van der Waals surface area contributed by atoms with E-state index in [4.69, 9.17) is 8.83 Å². The van der Waals surface area contributed by atoms with E-state index >= 15 is 0 Å². The van der Waals surface area contributed by atoms with Crippen molar-refractivity contribution >= 4 is 5.91 Å². The molecule has 1 aliphatic rings. The van der Waals surface area contributed by atoms with E-state index in [0.29, 0.717) is 36.4 Å². The van der Waals surface area contributed by atoms with Crippen molar-refractivity contribution in [3.8, 4) is 11.5 Å². The van der Waals surface area contributed by atoms with Crippen LogP contribution in [0, 0.1) is 5.92 Å². The molecular formula is C18H17N3O3. The Morgan fingerprint density at radius 1 is 1.17 bits per heavy atom. The molecule has 6 heteroatoms. The second kappa shape index (κ2) is 6.31. The van der Waals surface area contributed by atoms with Gasteiger partial charge in [-0.1, -0.05) is 18.2 Å². The zero-order valence-corrected chi connectivity index (χ0v) is 13.1. The zero-order valence-electron chi connectivity index (χ0n) is 13.1. The first-order valence-corrected chi connectivity index (χ1v) is 8.00. The number of aromatic nitrogens is 2. The topological polar surface area (TPSA) is 72.4 Å². The minimum Gasteiger partial charge on any atom is -0.459 e. The Balaban J connectivity index is 1.39. The molecule has 3 aromatic rings. The zero-order chi connectivity index (χ0) is 16.4. The molecular weight excluding hydrogens is 306 g/mol. The van der Waals surface area contributed by atoms with Crippen LogP contribution >= 0.6 is 0 Å². The maximum atomic E-state index is 12.3. The first-order chi connectivity index (χ1) is 11.8. The van der Waals surface area contributed by atoms with Crippen LogP contribution < -0.4 is 0 Å². The summed E-state index contributed by atoms with van der Waals surface area (Å²) in [6.07, 6.45) is 3.13. The Hall–Kier alpha value is -2.89. The van der Waals surface area contributed by atoms with Crippen molar-refractivity contribution in [1.29, 1.82) is 0 Å². The summed E-state index contributed by atoms with van der Waals surface area (Å²) >= 11 is 0. The monoisotopic (exact) mass is 323 g/mol. The predicted molar refractivity (Wildman–Crippen MR) is 86.2 cm³/mol. The SMILES string of the molecule is O=C(c1ccco1)N1CCC(Cc2nnc(-c3ccccc3)o2)C1. The predicted octanol–water partition coefficient (Wildman–Crippen LogP) is 3.03. The van der Waals surface area contributed by atoms with Crippen LogP contribution in [-0.4, -0.2) is 34.1 Å². The van der Waals surface area contributed by atoms with Crippen LogP contribution in [0.5, 0.6) is 0 Å². The lowest BCUT2D eigenvalue weighted by Gasteiger charge is -2.14. The number of benzene rings is 1. The lowest BCUT2D eigenvalue weighted by molar-refractivity contribution is 0.0755. The Bertz CT molecular complexity index is 811. The molecule has 4 rings (SSSR count). The van der Waals surface area contributed by atoms with Crippen molar-refractivity contribution in [1.82, 2.24) is 15.1 Å². The summed E-state index contributed by atoms with van der Waals surface area (Å²) in [7, 11) is 0. The van der Waals surface area contributed by atoms with Crippen LogP contribution in [-0.2, 0) is 6.42 Å². The van der Waals surface area contributed by atoms with Gasteiger partial charge in [0.15, 0.2) is 5.76 Å². The van der Waals surface area contributed by atoms with Crippen molar-refractivity contribution in [2.24, 2.45) is 5.92 Å². The molecule has 0 aliphatic carbocycles. The number of hydrogen-bond donors (Lipinski definition) is 0. The summed E-state index contributed by atoms with van der Waals surface area (Å²) in [5.74, 6) is 1.81. The van der Waals surface area contributed by atoms with Gasteiger partial charge in [-0.15, -0.1) is 10.2 Å². The van der Waals surface area contributed by atoms with Gasteiger partial charge in [0.1, 0.15) is 0 Å². The number of carbonyl (C=O) groups is 1. The van der Waals surface area contributed by atoms with Gasteiger partial charge in [-0.3, -0.25) is 4.79 Å². The van der Waals surface area contributed by atoms with Crippen molar-refractivity contribution in [2.75, 3.05) is 13.1 Å². The van der Waals surface area contributed by atoms with Gasteiger partial charge in [-0.2, -0.15) is 0 Å². The van der Waals surface area contributed by atoms with E-state index < -0.39 is 0 Å². The van der Waals surface area contributed by atoms with Gasteiger partial charge in [-0.05, 0) is 36.6 Å². The van der Waals surface area contributed by atoms with Gasteiger partial charge in [0.25, 0.3) is 5.91 Å². The van der Waals surface area contributed by atoms with Crippen LogP contribution in [0.2, 0.25) is 0 Å². The number of likely N-dealkylation sites (tertiary alicyclic amines) is 1. The van der Waals surface area contributed by atoms with Gasteiger partial charge in [0.05, 0.1) is 6.26 Å². The molecule has 0 spiro atoms. The number of amides is 1. The van der Waals surface area contributed by atoms with Crippen LogP contribution in [0.4, 0.5) is 0 Å². The smallest absolute Gasteiger partial charge is 0.289 e. The Morgan fingerprint density at radius 2 is 2.04 bits per heavy atom. The molecule has 2 aromatic heterocycles. The molecule has 1 saturated heterocycles. The van der Waals surface area contributed by atoms with E-state index in [9.17, 15) is 4.79 Å². The van der Waals surface area contributed by atoms with Gasteiger partial charge >= 0.3 is 0 Å². The molecule has 1 atom stereocenters. The molecule has 0 saturated carbocycles. The number of nitrogens with zero attached hydrogens (tertiary/aromatic N) is 3. The largest absolute Gasteiger partial charge is 0.459 e. The van der Waals surface area contributed by atoms with Gasteiger partial charge < -0.3 is 13.7 Å². The van der Waals surface area contributed by atoms with Gasteiger partial charge in [0.2, 0.25) is 11.8 Å². The molecule has 1 aliphatic heterocycles. The number of rotatable bonds is 4. The molecule has 3 heterocycles. The maximum Gasteiger partial charge on any atom is 0.289 e. The molecule has 6 nitrogen and oxygen atoms in total. The fraction of sp³-hybridized carbons (Fsp3) is 0.278. The van der Waals surface area contributed by atoms with E-state index in [-0.39, 0.29) is 5.91 Å². The highest BCUT2D eigenvalue weighted by atomic mass is 16.4. The molecule has 122 valence electrons. The third-order valence-electron chi connectivity index (χ3n) is 4.26. The summed E-state index contributed by atoms with van der Waals surface area (Å²) in [6.45, 7) is 1.41. The van der Waals surface area contributed by atoms with Crippen LogP contribution in [0.1, 0.15) is 22.9 Å². The van der Waals surface area contributed by atoms with Gasteiger partial charge in [-0.25, -0.2) is 0 Å². The molecule has 0 radical (unpaired) electrons. The quantitative estimate of drug-likeness (QED) is 0.738. The normalized spacial score (nSPS) is 17.3. The molecule has 0 bridgehead atoms. The van der Waals surface area contributed by atoms with E-state index in [0.717, 1.165) is 18.5 Å². The number of furan rings is 1. The highest BCUT2D eigenvalue weighted by Crippen LogP contribution is 2.24. The Kier molecular flexibility index (Phi) is 3.86. The average Bonchev–Trinajstić information content (AvgIpc) is 3.37. The highest BCUT2D eigenvalue weighted by Gasteiger charge is 2.29. The number of hydrogen-bond acceptors (Lipinski definition) is 5. The second-order valence-corrected chi connectivity index (χ2v) is 5.95. The van der Waals surface area contributed by atoms with Crippen molar-refractivity contribution in [2.45, 2.75) is 12.8 Å².